The van der Waals surface area contributed by atoms with Crippen LogP contribution in [0.4, 0.5) is 5.69 Å². The van der Waals surface area contributed by atoms with Gasteiger partial charge < -0.3 is 19.9 Å². The summed E-state index contributed by atoms with van der Waals surface area (Å²) >= 11 is 0. The molecule has 106 valence electrons. The van der Waals surface area contributed by atoms with Crippen molar-refractivity contribution in [2.45, 2.75) is 20.8 Å². The number of aryl methyl sites for hydroxylation is 1. The molecule has 1 heterocycles. The summed E-state index contributed by atoms with van der Waals surface area (Å²) in [5, 5.41) is 12.8. The fraction of sp³-hybridized carbons (Fsp3) is 0.600. The van der Waals surface area contributed by atoms with Gasteiger partial charge in [-0.05, 0) is 24.5 Å². The summed E-state index contributed by atoms with van der Waals surface area (Å²) in [5.74, 6) is 2.32. The lowest BCUT2D eigenvalue weighted by Crippen LogP contribution is -2.23. The summed E-state index contributed by atoms with van der Waals surface area (Å²) in [6.07, 6.45) is 0. The van der Waals surface area contributed by atoms with Gasteiger partial charge >= 0.3 is 0 Å². The SMILES string of the molecule is Cc1cc2c(cc1NCC(CO)C(C)C)OCCO2. The molecule has 1 atom stereocenters. The second-order valence-corrected chi connectivity index (χ2v) is 5.38. The maximum absolute atomic E-state index is 9.35. The number of hydrogen-bond donors (Lipinski definition) is 2. The molecule has 19 heavy (non-hydrogen) atoms. The lowest BCUT2D eigenvalue weighted by atomic mass is 9.96. The molecule has 1 unspecified atom stereocenters. The fourth-order valence-corrected chi connectivity index (χ4v) is 2.13. The van der Waals surface area contributed by atoms with Crippen molar-refractivity contribution >= 4 is 5.69 Å². The molecule has 1 aromatic carbocycles. The monoisotopic (exact) mass is 265 g/mol. The molecule has 0 saturated heterocycles. The van der Waals surface area contributed by atoms with Crippen LogP contribution in [-0.4, -0.2) is 31.5 Å². The minimum atomic E-state index is 0.203. The summed E-state index contributed by atoms with van der Waals surface area (Å²) in [7, 11) is 0. The van der Waals surface area contributed by atoms with E-state index < -0.39 is 0 Å². The molecule has 0 radical (unpaired) electrons. The van der Waals surface area contributed by atoms with Crippen LogP contribution in [0.2, 0.25) is 0 Å². The fourth-order valence-electron chi connectivity index (χ4n) is 2.13. The van der Waals surface area contributed by atoms with E-state index >= 15 is 0 Å². The van der Waals surface area contributed by atoms with Gasteiger partial charge in [0.05, 0.1) is 0 Å². The molecule has 1 aromatic rings. The molecule has 0 bridgehead atoms. The molecule has 4 heteroatoms. The summed E-state index contributed by atoms with van der Waals surface area (Å²) in [6.45, 7) is 8.46. The van der Waals surface area contributed by atoms with Gasteiger partial charge in [0.2, 0.25) is 0 Å². The van der Waals surface area contributed by atoms with Crippen LogP contribution in [-0.2, 0) is 0 Å². The lowest BCUT2D eigenvalue weighted by molar-refractivity contribution is 0.171. The van der Waals surface area contributed by atoms with E-state index in [9.17, 15) is 5.11 Å². The Balaban J connectivity index is 2.08. The first-order chi connectivity index (χ1) is 9.11. The largest absolute Gasteiger partial charge is 0.486 e. The van der Waals surface area contributed by atoms with Crippen molar-refractivity contribution in [1.82, 2.24) is 0 Å². The Morgan fingerprint density at radius 3 is 2.42 bits per heavy atom. The number of ether oxygens (including phenoxy) is 2. The van der Waals surface area contributed by atoms with Crippen molar-refractivity contribution in [3.8, 4) is 11.5 Å². The average molecular weight is 265 g/mol. The first-order valence-electron chi connectivity index (χ1n) is 6.86. The average Bonchev–Trinajstić information content (AvgIpc) is 2.39. The maximum Gasteiger partial charge on any atom is 0.163 e. The summed E-state index contributed by atoms with van der Waals surface area (Å²) in [6, 6.07) is 3.98. The van der Waals surface area contributed by atoms with E-state index in [2.05, 4.69) is 19.2 Å². The molecule has 4 nitrogen and oxygen atoms in total. The van der Waals surface area contributed by atoms with Crippen molar-refractivity contribution in [1.29, 1.82) is 0 Å². The Morgan fingerprint density at radius 1 is 1.21 bits per heavy atom. The lowest BCUT2D eigenvalue weighted by Gasteiger charge is -2.23. The molecule has 0 saturated carbocycles. The minimum Gasteiger partial charge on any atom is -0.486 e. The highest BCUT2D eigenvalue weighted by molar-refractivity contribution is 5.60. The van der Waals surface area contributed by atoms with Crippen molar-refractivity contribution in [2.75, 3.05) is 31.7 Å². The van der Waals surface area contributed by atoms with E-state index in [0.29, 0.717) is 19.1 Å². The number of rotatable bonds is 5. The number of hydrogen-bond acceptors (Lipinski definition) is 4. The Bertz CT molecular complexity index is 432. The van der Waals surface area contributed by atoms with Gasteiger partial charge in [-0.25, -0.2) is 0 Å². The zero-order valence-corrected chi connectivity index (χ0v) is 11.9. The first-order valence-corrected chi connectivity index (χ1v) is 6.86. The van der Waals surface area contributed by atoms with Crippen LogP contribution in [0.5, 0.6) is 11.5 Å². The Hall–Kier alpha value is -1.42. The van der Waals surface area contributed by atoms with Crippen molar-refractivity contribution < 1.29 is 14.6 Å². The van der Waals surface area contributed by atoms with Gasteiger partial charge in [-0.2, -0.15) is 0 Å². The summed E-state index contributed by atoms with van der Waals surface area (Å²) in [4.78, 5) is 0. The predicted molar refractivity (Wildman–Crippen MR) is 76.1 cm³/mol. The molecule has 0 aliphatic carbocycles. The van der Waals surface area contributed by atoms with E-state index in [1.165, 1.54) is 0 Å². The zero-order valence-electron chi connectivity index (χ0n) is 11.9. The highest BCUT2D eigenvalue weighted by Crippen LogP contribution is 2.35. The number of anilines is 1. The number of benzene rings is 1. The molecule has 2 rings (SSSR count). The summed E-state index contributed by atoms with van der Waals surface area (Å²) < 4.78 is 11.1. The summed E-state index contributed by atoms with van der Waals surface area (Å²) in [5.41, 5.74) is 2.17. The third kappa shape index (κ3) is 3.32. The predicted octanol–water partition coefficient (Wildman–Crippen LogP) is 2.44. The number of fused-ring (bicyclic) bond motifs is 1. The molecule has 0 aromatic heterocycles. The molecule has 1 aliphatic heterocycles. The van der Waals surface area contributed by atoms with Gasteiger partial charge in [0.1, 0.15) is 13.2 Å². The van der Waals surface area contributed by atoms with Crippen LogP contribution in [0.1, 0.15) is 19.4 Å². The number of nitrogens with one attached hydrogen (secondary N) is 1. The van der Waals surface area contributed by atoms with Gasteiger partial charge in [0, 0.05) is 30.8 Å². The molecular formula is C15H23NO3. The van der Waals surface area contributed by atoms with Crippen LogP contribution >= 0.6 is 0 Å². The van der Waals surface area contributed by atoms with Gasteiger partial charge in [-0.1, -0.05) is 13.8 Å². The van der Waals surface area contributed by atoms with E-state index in [1.807, 2.05) is 19.1 Å². The van der Waals surface area contributed by atoms with Crippen molar-refractivity contribution in [3.05, 3.63) is 17.7 Å². The van der Waals surface area contributed by atoms with Gasteiger partial charge in [-0.3, -0.25) is 0 Å². The van der Waals surface area contributed by atoms with Gasteiger partial charge in [-0.15, -0.1) is 0 Å². The van der Waals surface area contributed by atoms with Crippen molar-refractivity contribution in [2.24, 2.45) is 11.8 Å². The number of aliphatic hydroxyl groups excluding tert-OH is 1. The van der Waals surface area contributed by atoms with E-state index in [1.54, 1.807) is 0 Å². The van der Waals surface area contributed by atoms with E-state index in [-0.39, 0.29) is 12.5 Å². The van der Waals surface area contributed by atoms with E-state index in [4.69, 9.17) is 9.47 Å². The standard InChI is InChI=1S/C15H23NO3/c1-10(2)12(9-17)8-16-13-7-15-14(6-11(13)3)18-4-5-19-15/h6-7,10,12,16-17H,4-5,8-9H2,1-3H3. The normalized spacial score (nSPS) is 15.4. The molecule has 0 fully saturated rings. The number of aliphatic hydroxyl groups is 1. The van der Waals surface area contributed by atoms with Crippen molar-refractivity contribution in [3.63, 3.8) is 0 Å². The third-order valence-corrected chi connectivity index (χ3v) is 3.62. The third-order valence-electron chi connectivity index (χ3n) is 3.62. The van der Waals surface area contributed by atoms with Gasteiger partial charge in [0.15, 0.2) is 11.5 Å². The maximum atomic E-state index is 9.35. The smallest absolute Gasteiger partial charge is 0.163 e. The second-order valence-electron chi connectivity index (χ2n) is 5.38. The minimum absolute atomic E-state index is 0.203. The Labute approximate surface area is 114 Å². The highest BCUT2D eigenvalue weighted by Gasteiger charge is 2.16. The van der Waals surface area contributed by atoms with Gasteiger partial charge in [0.25, 0.3) is 0 Å². The Morgan fingerprint density at radius 2 is 1.84 bits per heavy atom. The quantitative estimate of drug-likeness (QED) is 0.858. The molecule has 2 N–H and O–H groups in total. The highest BCUT2D eigenvalue weighted by atomic mass is 16.6. The molecule has 0 spiro atoms. The Kier molecular flexibility index (Phi) is 4.53. The van der Waals surface area contributed by atoms with Crippen LogP contribution < -0.4 is 14.8 Å². The zero-order chi connectivity index (χ0) is 13.8. The molecule has 0 amide bonds. The van der Waals surface area contributed by atoms with E-state index in [0.717, 1.165) is 29.3 Å². The topological polar surface area (TPSA) is 50.7 Å². The van der Waals surface area contributed by atoms with Crippen LogP contribution in [0.25, 0.3) is 0 Å². The van der Waals surface area contributed by atoms with Crippen LogP contribution in [0.15, 0.2) is 12.1 Å². The first kappa shape index (κ1) is 14.0. The van der Waals surface area contributed by atoms with Crippen LogP contribution in [0.3, 0.4) is 0 Å². The molecular weight excluding hydrogens is 242 g/mol. The van der Waals surface area contributed by atoms with Crippen LogP contribution in [0, 0.1) is 18.8 Å². The molecule has 1 aliphatic rings. The second kappa shape index (κ2) is 6.15.